The van der Waals surface area contributed by atoms with E-state index in [1.54, 1.807) is 0 Å². The molecule has 21 heavy (non-hydrogen) atoms. The van der Waals surface area contributed by atoms with Crippen molar-refractivity contribution in [2.45, 2.75) is 58.5 Å². The molecule has 1 N–H and O–H groups in total. The first-order valence-corrected chi connectivity index (χ1v) is 8.63. The number of hydrogen-bond acceptors (Lipinski definition) is 2. The predicted octanol–water partition coefficient (Wildman–Crippen LogP) is 4.89. The van der Waals surface area contributed by atoms with Gasteiger partial charge in [0, 0.05) is 23.7 Å². The molecule has 0 amide bonds. The molecule has 1 unspecified atom stereocenters. The minimum atomic E-state index is 0.371. The van der Waals surface area contributed by atoms with Gasteiger partial charge in [-0.2, -0.15) is 0 Å². The maximum absolute atomic E-state index is 6.11. The van der Waals surface area contributed by atoms with Crippen molar-refractivity contribution in [3.8, 4) is 0 Å². The van der Waals surface area contributed by atoms with E-state index in [-0.39, 0.29) is 0 Å². The Morgan fingerprint density at radius 3 is 2.52 bits per heavy atom. The van der Waals surface area contributed by atoms with Crippen LogP contribution in [0.1, 0.15) is 58.1 Å². The average Bonchev–Trinajstić information content (AvgIpc) is 2.46. The topological polar surface area (TPSA) is 15.3 Å². The summed E-state index contributed by atoms with van der Waals surface area (Å²) < 4.78 is 0. The molecule has 0 heterocycles. The van der Waals surface area contributed by atoms with Crippen molar-refractivity contribution in [1.82, 2.24) is 10.2 Å². The molecule has 2 nitrogen and oxygen atoms in total. The van der Waals surface area contributed by atoms with Gasteiger partial charge in [0.05, 0.1) is 0 Å². The Bertz CT molecular complexity index is 393. The van der Waals surface area contributed by atoms with Crippen LogP contribution >= 0.6 is 11.6 Å². The van der Waals surface area contributed by atoms with E-state index in [9.17, 15) is 0 Å². The Labute approximate surface area is 135 Å². The highest BCUT2D eigenvalue weighted by Crippen LogP contribution is 2.21. The van der Waals surface area contributed by atoms with Crippen LogP contribution in [0.25, 0.3) is 0 Å². The minimum Gasteiger partial charge on any atom is -0.313 e. The van der Waals surface area contributed by atoms with Gasteiger partial charge in [0.1, 0.15) is 0 Å². The van der Waals surface area contributed by atoms with Crippen LogP contribution in [0, 0.1) is 0 Å². The Kier molecular flexibility index (Phi) is 8.98. The normalized spacial score (nSPS) is 13.1. The summed E-state index contributed by atoms with van der Waals surface area (Å²) in [5, 5.41) is 4.24. The van der Waals surface area contributed by atoms with E-state index in [0.717, 1.165) is 18.0 Å². The Balaban J connectivity index is 2.55. The summed E-state index contributed by atoms with van der Waals surface area (Å²) in [4.78, 5) is 2.59. The van der Waals surface area contributed by atoms with Gasteiger partial charge in [0.2, 0.25) is 0 Å². The zero-order valence-electron chi connectivity index (χ0n) is 14.0. The number of benzene rings is 1. The quantitative estimate of drug-likeness (QED) is 0.619. The maximum atomic E-state index is 6.11. The number of rotatable bonds is 10. The fraction of sp³-hybridized carbons (Fsp3) is 0.667. The van der Waals surface area contributed by atoms with E-state index in [4.69, 9.17) is 11.6 Å². The van der Waals surface area contributed by atoms with Gasteiger partial charge in [-0.3, -0.25) is 0 Å². The van der Waals surface area contributed by atoms with Crippen molar-refractivity contribution in [1.29, 1.82) is 0 Å². The second kappa shape index (κ2) is 10.2. The third-order valence-electron chi connectivity index (χ3n) is 4.08. The smallest absolute Gasteiger partial charge is 0.0409 e. The first-order valence-electron chi connectivity index (χ1n) is 8.25. The van der Waals surface area contributed by atoms with E-state index < -0.39 is 0 Å². The lowest BCUT2D eigenvalue weighted by Gasteiger charge is -2.28. The molecule has 0 aliphatic carbocycles. The largest absolute Gasteiger partial charge is 0.313 e. The first kappa shape index (κ1) is 18.5. The molecule has 0 aliphatic heterocycles. The first-order chi connectivity index (χ1) is 10.1. The van der Waals surface area contributed by atoms with Gasteiger partial charge in [-0.25, -0.2) is 0 Å². The van der Waals surface area contributed by atoms with Gasteiger partial charge in [-0.05, 0) is 58.0 Å². The van der Waals surface area contributed by atoms with Crippen molar-refractivity contribution in [2.75, 3.05) is 20.1 Å². The second-order valence-electron chi connectivity index (χ2n) is 6.02. The van der Waals surface area contributed by atoms with Crippen molar-refractivity contribution < 1.29 is 0 Å². The lowest BCUT2D eigenvalue weighted by atomic mass is 10.0. The van der Waals surface area contributed by atoms with Gasteiger partial charge in [0.15, 0.2) is 0 Å². The third-order valence-corrected chi connectivity index (χ3v) is 4.32. The molecule has 1 atom stereocenters. The number of nitrogens with one attached hydrogen (secondary N) is 1. The van der Waals surface area contributed by atoms with Gasteiger partial charge >= 0.3 is 0 Å². The molecule has 0 radical (unpaired) electrons. The molecular weight excluding hydrogens is 280 g/mol. The zero-order valence-corrected chi connectivity index (χ0v) is 14.8. The zero-order chi connectivity index (χ0) is 15.7. The number of nitrogens with zero attached hydrogens (tertiary/aromatic N) is 1. The maximum Gasteiger partial charge on any atom is 0.0409 e. The van der Waals surface area contributed by atoms with E-state index in [0.29, 0.717) is 12.1 Å². The molecule has 0 saturated carbocycles. The Morgan fingerprint density at radius 2 is 1.95 bits per heavy atom. The summed E-state index contributed by atoms with van der Waals surface area (Å²) in [5.74, 6) is 0. The highest BCUT2D eigenvalue weighted by molar-refractivity contribution is 6.30. The van der Waals surface area contributed by atoms with E-state index >= 15 is 0 Å². The van der Waals surface area contributed by atoms with Gasteiger partial charge in [-0.15, -0.1) is 0 Å². The van der Waals surface area contributed by atoms with E-state index in [2.05, 4.69) is 43.1 Å². The van der Waals surface area contributed by atoms with Crippen LogP contribution < -0.4 is 5.32 Å². The molecular formula is C18H31ClN2. The van der Waals surface area contributed by atoms with Crippen LogP contribution in [-0.2, 0) is 0 Å². The van der Waals surface area contributed by atoms with Gasteiger partial charge in [-0.1, -0.05) is 43.5 Å². The summed E-state index contributed by atoms with van der Waals surface area (Å²) >= 11 is 6.11. The van der Waals surface area contributed by atoms with Crippen LogP contribution in [0.15, 0.2) is 24.3 Å². The van der Waals surface area contributed by atoms with Crippen LogP contribution in [0.2, 0.25) is 5.02 Å². The van der Waals surface area contributed by atoms with Gasteiger partial charge in [0.25, 0.3) is 0 Å². The number of halogens is 1. The van der Waals surface area contributed by atoms with E-state index in [1.807, 2.05) is 19.2 Å². The van der Waals surface area contributed by atoms with Crippen molar-refractivity contribution in [3.05, 3.63) is 34.9 Å². The SMILES string of the molecule is CCCCCN(CCC(NC)c1cccc(Cl)c1)C(C)C. The molecule has 0 saturated heterocycles. The summed E-state index contributed by atoms with van der Waals surface area (Å²) in [7, 11) is 2.03. The standard InChI is InChI=1S/C18H31ClN2/c1-5-6-7-12-21(15(2)3)13-11-18(20-4)16-9-8-10-17(19)14-16/h8-10,14-15,18,20H,5-7,11-13H2,1-4H3. The molecule has 120 valence electrons. The fourth-order valence-corrected chi connectivity index (χ4v) is 2.89. The third kappa shape index (κ3) is 6.82. The average molecular weight is 311 g/mol. The summed E-state index contributed by atoms with van der Waals surface area (Å²) in [5.41, 5.74) is 1.28. The van der Waals surface area contributed by atoms with Crippen molar-refractivity contribution >= 4 is 11.6 Å². The summed E-state index contributed by atoms with van der Waals surface area (Å²) in [6.45, 7) is 9.17. The summed E-state index contributed by atoms with van der Waals surface area (Å²) in [6.07, 6.45) is 5.03. The molecule has 1 aromatic carbocycles. The molecule has 0 fully saturated rings. The predicted molar refractivity (Wildman–Crippen MR) is 94.1 cm³/mol. The molecule has 1 aromatic rings. The van der Waals surface area contributed by atoms with Gasteiger partial charge < -0.3 is 10.2 Å². The van der Waals surface area contributed by atoms with Crippen LogP contribution in [-0.4, -0.2) is 31.1 Å². The van der Waals surface area contributed by atoms with E-state index in [1.165, 1.54) is 31.4 Å². The van der Waals surface area contributed by atoms with Crippen molar-refractivity contribution in [2.24, 2.45) is 0 Å². The van der Waals surface area contributed by atoms with Crippen LogP contribution in [0.4, 0.5) is 0 Å². The molecule has 3 heteroatoms. The lowest BCUT2D eigenvalue weighted by Crippen LogP contribution is -2.34. The molecule has 1 rings (SSSR count). The molecule has 0 aromatic heterocycles. The fourth-order valence-electron chi connectivity index (χ4n) is 2.69. The molecule has 0 aliphatic rings. The summed E-state index contributed by atoms with van der Waals surface area (Å²) in [6, 6.07) is 9.17. The molecule has 0 spiro atoms. The second-order valence-corrected chi connectivity index (χ2v) is 6.46. The minimum absolute atomic E-state index is 0.371. The van der Waals surface area contributed by atoms with Crippen LogP contribution in [0.5, 0.6) is 0 Å². The monoisotopic (exact) mass is 310 g/mol. The lowest BCUT2D eigenvalue weighted by molar-refractivity contribution is 0.206. The van der Waals surface area contributed by atoms with Crippen LogP contribution in [0.3, 0.4) is 0 Å². The highest BCUT2D eigenvalue weighted by Gasteiger charge is 2.14. The van der Waals surface area contributed by atoms with Crippen molar-refractivity contribution in [3.63, 3.8) is 0 Å². The number of unbranched alkanes of at least 4 members (excludes halogenated alkanes) is 2. The number of hydrogen-bond donors (Lipinski definition) is 1. The Hall–Kier alpha value is -0.570. The molecule has 0 bridgehead atoms. The Morgan fingerprint density at radius 1 is 1.19 bits per heavy atom. The highest BCUT2D eigenvalue weighted by atomic mass is 35.5.